The first-order valence-corrected chi connectivity index (χ1v) is 3.37. The fraction of sp³-hybridized carbons (Fsp3) is 0. The quantitative estimate of drug-likeness (QED) is 0.517. The van der Waals surface area contributed by atoms with E-state index < -0.39 is 0 Å². The molecule has 1 aromatic heterocycles. The molecule has 1 aromatic carbocycles. The first-order valence-electron chi connectivity index (χ1n) is 3.37. The van der Waals surface area contributed by atoms with Crippen molar-refractivity contribution in [3.63, 3.8) is 0 Å². The summed E-state index contributed by atoms with van der Waals surface area (Å²) in [5.74, 6) is 0. The Morgan fingerprint density at radius 3 is 3.08 bits per heavy atom. The smallest absolute Gasteiger partial charge is 0.114 e. The minimum absolute atomic E-state index is 0. The van der Waals surface area contributed by atoms with E-state index in [0.717, 1.165) is 10.9 Å². The van der Waals surface area contributed by atoms with Gasteiger partial charge < -0.3 is 0 Å². The summed E-state index contributed by atoms with van der Waals surface area (Å²) in [5.41, 5.74) is 1.65. The monoisotopic (exact) mass is 322 g/mol. The van der Waals surface area contributed by atoms with Crippen molar-refractivity contribution in [2.24, 2.45) is 0 Å². The van der Waals surface area contributed by atoms with Gasteiger partial charge in [0.15, 0.2) is 0 Å². The third-order valence-electron chi connectivity index (χ3n) is 1.55. The van der Waals surface area contributed by atoms with Crippen LogP contribution in [0, 0.1) is 6.07 Å². The topological polar surface area (TPSA) is 12.9 Å². The number of nitrogens with zero attached hydrogens (tertiary/aromatic N) is 1. The molecule has 0 spiro atoms. The Morgan fingerprint density at radius 1 is 1.42 bits per heavy atom. The van der Waals surface area contributed by atoms with E-state index in [1.165, 1.54) is 0 Å². The summed E-state index contributed by atoms with van der Waals surface area (Å²) in [7, 11) is 5.55. The van der Waals surface area contributed by atoms with Crippen LogP contribution in [0.15, 0.2) is 30.5 Å². The Labute approximate surface area is 86.9 Å². The van der Waals surface area contributed by atoms with Crippen molar-refractivity contribution in [1.82, 2.24) is 4.98 Å². The molecule has 0 saturated heterocycles. The molecule has 0 fully saturated rings. The predicted octanol–water partition coefficient (Wildman–Crippen LogP) is 0.826. The third kappa shape index (κ3) is 1.76. The molecule has 0 saturated carbocycles. The molecule has 0 N–H and O–H groups in total. The predicted molar refractivity (Wildman–Crippen MR) is 46.0 cm³/mol. The number of benzene rings is 1. The minimum atomic E-state index is 0. The van der Waals surface area contributed by atoms with Gasteiger partial charge in [0.25, 0.3) is 0 Å². The summed E-state index contributed by atoms with van der Waals surface area (Å²) < 4.78 is 0. The number of hydrogen-bond acceptors (Lipinski definition) is 1. The zero-order chi connectivity index (χ0) is 7.68. The van der Waals surface area contributed by atoms with Gasteiger partial charge in [0.05, 0.1) is 0 Å². The van der Waals surface area contributed by atoms with Crippen molar-refractivity contribution in [2.45, 2.75) is 0 Å². The Bertz CT molecular complexity index is 389. The first kappa shape index (κ1) is 9.47. The maximum absolute atomic E-state index is 5.55. The summed E-state index contributed by atoms with van der Waals surface area (Å²) in [6.45, 7) is 0. The number of rotatable bonds is 0. The van der Waals surface area contributed by atoms with Gasteiger partial charge in [-0.15, -0.1) is 17.5 Å². The van der Waals surface area contributed by atoms with Gasteiger partial charge in [0.2, 0.25) is 0 Å². The zero-order valence-corrected chi connectivity index (χ0v) is 9.25. The molecule has 0 aliphatic carbocycles. The van der Waals surface area contributed by atoms with Crippen molar-refractivity contribution in [3.8, 4) is 0 Å². The van der Waals surface area contributed by atoms with E-state index >= 15 is 0 Å². The summed E-state index contributed by atoms with van der Waals surface area (Å²) in [6, 6.07) is 10.5. The Morgan fingerprint density at radius 2 is 2.25 bits per heavy atom. The fourth-order valence-electron chi connectivity index (χ4n) is 1.03. The van der Waals surface area contributed by atoms with E-state index in [1.807, 2.05) is 24.3 Å². The number of hydrogen-bond donors (Lipinski definition) is 0. The second kappa shape index (κ2) is 3.86. The molecule has 0 amide bonds. The average molecular weight is 322 g/mol. The van der Waals surface area contributed by atoms with Crippen LogP contribution < -0.4 is 5.46 Å². The molecule has 12 heavy (non-hydrogen) atoms. The van der Waals surface area contributed by atoms with Crippen molar-refractivity contribution in [3.05, 3.63) is 36.5 Å². The maximum atomic E-state index is 5.55. The molecule has 3 heteroatoms. The second-order valence-electron chi connectivity index (χ2n) is 2.39. The van der Waals surface area contributed by atoms with E-state index in [2.05, 4.69) is 11.1 Å². The van der Waals surface area contributed by atoms with Crippen LogP contribution in [-0.4, -0.2) is 12.8 Å². The Balaban J connectivity index is 0.000000720. The fourth-order valence-corrected chi connectivity index (χ4v) is 1.03. The van der Waals surface area contributed by atoms with Gasteiger partial charge in [0.1, 0.15) is 7.85 Å². The van der Waals surface area contributed by atoms with Gasteiger partial charge in [-0.25, -0.2) is 0 Å². The second-order valence-corrected chi connectivity index (χ2v) is 2.39. The third-order valence-corrected chi connectivity index (χ3v) is 1.55. The van der Waals surface area contributed by atoms with Crippen molar-refractivity contribution in [2.75, 3.05) is 0 Å². The van der Waals surface area contributed by atoms with Crippen molar-refractivity contribution < 1.29 is 21.1 Å². The number of pyridine rings is 1. The number of aromatic nitrogens is 1. The summed E-state index contributed by atoms with van der Waals surface area (Å²) >= 11 is 0. The molecule has 0 aliphatic rings. The van der Waals surface area contributed by atoms with Crippen molar-refractivity contribution in [1.29, 1.82) is 0 Å². The van der Waals surface area contributed by atoms with Crippen LogP contribution in [0.5, 0.6) is 0 Å². The van der Waals surface area contributed by atoms with Crippen LogP contribution in [-0.2, 0) is 21.1 Å². The summed E-state index contributed by atoms with van der Waals surface area (Å²) in [6.07, 6.45) is 1.66. The molecular weight excluding hydrogens is 317 g/mol. The first-order chi connectivity index (χ1) is 5.36. The van der Waals surface area contributed by atoms with Gasteiger partial charge in [-0.3, -0.25) is 4.98 Å². The van der Waals surface area contributed by atoms with E-state index in [-0.39, 0.29) is 21.1 Å². The normalized spacial score (nSPS) is 9.33. The van der Waals surface area contributed by atoms with Gasteiger partial charge >= 0.3 is 0 Å². The van der Waals surface area contributed by atoms with Gasteiger partial charge in [-0.1, -0.05) is 5.46 Å². The molecule has 0 unspecified atom stereocenters. The molecule has 2 rings (SSSR count). The van der Waals surface area contributed by atoms with Crippen LogP contribution in [0.4, 0.5) is 0 Å². The summed E-state index contributed by atoms with van der Waals surface area (Å²) in [4.78, 5) is 4.14. The molecule has 56 valence electrons. The Kier molecular flexibility index (Phi) is 3.05. The van der Waals surface area contributed by atoms with Crippen LogP contribution >= 0.6 is 0 Å². The van der Waals surface area contributed by atoms with Crippen LogP contribution in [0.2, 0.25) is 0 Å². The molecule has 2 aromatic rings. The van der Waals surface area contributed by atoms with Gasteiger partial charge in [-0.2, -0.15) is 18.2 Å². The van der Waals surface area contributed by atoms with Crippen molar-refractivity contribution >= 4 is 24.2 Å². The van der Waals surface area contributed by atoms with Crippen LogP contribution in [0.3, 0.4) is 0 Å². The van der Waals surface area contributed by atoms with Crippen LogP contribution in [0.1, 0.15) is 0 Å². The maximum Gasteiger partial charge on any atom is 0.114 e. The molecular formula is C9H5BNW-. The average Bonchev–Trinajstić information content (AvgIpc) is 2.04. The van der Waals surface area contributed by atoms with E-state index in [9.17, 15) is 0 Å². The van der Waals surface area contributed by atoms with E-state index in [0.29, 0.717) is 5.46 Å². The van der Waals surface area contributed by atoms with Crippen LogP contribution in [0.25, 0.3) is 10.9 Å². The van der Waals surface area contributed by atoms with Gasteiger partial charge in [-0.05, 0) is 5.52 Å². The molecule has 0 aliphatic heterocycles. The molecule has 2 radical (unpaired) electrons. The molecule has 0 bridgehead atoms. The zero-order valence-electron chi connectivity index (χ0n) is 6.32. The molecule has 0 atom stereocenters. The Hall–Kier alpha value is -0.617. The molecule has 1 heterocycles. The minimum Gasteiger partial charge on any atom is -0.283 e. The van der Waals surface area contributed by atoms with E-state index in [1.54, 1.807) is 6.20 Å². The molecule has 1 nitrogen and oxygen atoms in total. The summed E-state index contributed by atoms with van der Waals surface area (Å²) in [5, 5.41) is 1.03. The largest absolute Gasteiger partial charge is 0.283 e. The standard InChI is InChI=1S/C9H5BN.W/c10-8-5-7-3-1-2-4-9(7)11-6-8;/h2-6H;/q-1;. The van der Waals surface area contributed by atoms with E-state index in [4.69, 9.17) is 7.85 Å². The number of fused-ring (bicyclic) bond motifs is 1. The SMILES string of the molecule is [B]c1cnc2cc[c-]cc2c1.[W]. The van der Waals surface area contributed by atoms with Gasteiger partial charge in [0, 0.05) is 27.3 Å².